The first-order valence-electron chi connectivity index (χ1n) is 23.0. The van der Waals surface area contributed by atoms with Crippen LogP contribution in [-0.4, -0.2) is 141 Å². The number of phenolic OH excluding ortho intramolecular Hbond substituents is 1. The number of aromatic hydroxyl groups is 1. The quantitative estimate of drug-likeness (QED) is 0.0313. The number of phenols is 1. The average Bonchev–Trinajstić information content (AvgIpc) is 3.29. The van der Waals surface area contributed by atoms with E-state index in [1.165, 1.54) is 6.07 Å². The van der Waals surface area contributed by atoms with Gasteiger partial charge in [-0.25, -0.2) is 14.4 Å². The molecule has 8 amide bonds. The van der Waals surface area contributed by atoms with E-state index in [1.807, 2.05) is 27.9 Å². The third kappa shape index (κ3) is 23.8. The van der Waals surface area contributed by atoms with E-state index < -0.39 is 109 Å². The summed E-state index contributed by atoms with van der Waals surface area (Å²) in [6.07, 6.45) is 1.72. The molecule has 1 aromatic rings. The van der Waals surface area contributed by atoms with Gasteiger partial charge in [-0.15, -0.1) is 0 Å². The highest BCUT2D eigenvalue weighted by Crippen LogP contribution is 2.28. The Morgan fingerprint density at radius 3 is 1.74 bits per heavy atom. The monoisotopic (exact) mass is 1100 g/mol. The van der Waals surface area contributed by atoms with E-state index in [4.69, 9.17) is 16.6 Å². The van der Waals surface area contributed by atoms with Gasteiger partial charge in [0.05, 0.1) is 3.57 Å². The van der Waals surface area contributed by atoms with Crippen molar-refractivity contribution in [3.8, 4) is 5.75 Å². The van der Waals surface area contributed by atoms with Gasteiger partial charge in [0.25, 0.3) is 0 Å². The highest BCUT2D eigenvalue weighted by atomic mass is 127. The van der Waals surface area contributed by atoms with Crippen LogP contribution >= 0.6 is 22.6 Å². The number of primary amides is 1. The summed E-state index contributed by atoms with van der Waals surface area (Å²) in [5.41, 5.74) is 11.6. The third-order valence-electron chi connectivity index (χ3n) is 11.4. The maximum absolute atomic E-state index is 13.6. The highest BCUT2D eigenvalue weighted by molar-refractivity contribution is 14.1. The van der Waals surface area contributed by atoms with Crippen LogP contribution in [0.5, 0.6) is 5.75 Å². The predicted octanol–water partition coefficient (Wildman–Crippen LogP) is -0.467. The molecule has 1 aliphatic rings. The summed E-state index contributed by atoms with van der Waals surface area (Å²) in [5.74, 6) is -9.37. The van der Waals surface area contributed by atoms with Gasteiger partial charge in [0.2, 0.25) is 35.4 Å². The topological polar surface area (TPSA) is 425 Å². The first-order valence-corrected chi connectivity index (χ1v) is 24.0. The van der Waals surface area contributed by atoms with Crippen molar-refractivity contribution in [2.24, 2.45) is 23.3 Å². The van der Waals surface area contributed by atoms with Crippen LogP contribution in [0.25, 0.3) is 0 Å². The van der Waals surface area contributed by atoms with Gasteiger partial charge in [0, 0.05) is 51.1 Å². The zero-order valence-corrected chi connectivity index (χ0v) is 40.8. The number of halogens is 1. The number of nitrogens with one attached hydrogen (secondary N) is 7. The van der Waals surface area contributed by atoms with Crippen LogP contribution in [0, 0.1) is 15.4 Å². The third-order valence-corrected chi connectivity index (χ3v) is 12.3. The molecule has 1 fully saturated rings. The number of unbranched alkanes of at least 4 members (excludes halogenated alkanes) is 2. The van der Waals surface area contributed by atoms with Crippen molar-refractivity contribution in [1.29, 1.82) is 0 Å². The number of urea groups is 1. The number of carboxylic acid groups (broad SMARTS) is 4. The fraction of sp³-hybridized carbons (Fsp3) is 0.614. The second-order valence-electron chi connectivity index (χ2n) is 17.0. The Balaban J connectivity index is 1.84. The number of hydrogen-bond acceptors (Lipinski definition) is 13. The Morgan fingerprint density at radius 1 is 0.614 bits per heavy atom. The maximum Gasteiger partial charge on any atom is 0.326 e. The zero-order valence-electron chi connectivity index (χ0n) is 38.7. The van der Waals surface area contributed by atoms with Gasteiger partial charge in [-0.3, -0.25) is 38.4 Å². The first-order chi connectivity index (χ1) is 33.1. The molecular formula is C44H66IN9O16. The van der Waals surface area contributed by atoms with E-state index in [0.29, 0.717) is 67.0 Å². The predicted molar refractivity (Wildman–Crippen MR) is 255 cm³/mol. The van der Waals surface area contributed by atoms with Gasteiger partial charge in [-0.1, -0.05) is 6.07 Å². The molecule has 0 heterocycles. The Labute approximate surface area is 417 Å². The molecule has 0 aliphatic heterocycles. The van der Waals surface area contributed by atoms with E-state index in [1.54, 1.807) is 12.1 Å². The minimum Gasteiger partial charge on any atom is -0.507 e. The highest BCUT2D eigenvalue weighted by Gasteiger charge is 2.31. The first kappa shape index (κ1) is 59.8. The van der Waals surface area contributed by atoms with Gasteiger partial charge >= 0.3 is 29.9 Å². The maximum atomic E-state index is 13.6. The van der Waals surface area contributed by atoms with Crippen LogP contribution in [0.2, 0.25) is 0 Å². The molecule has 25 nitrogen and oxygen atoms in total. The number of hydrogen-bond donors (Lipinski definition) is 14. The molecule has 390 valence electrons. The molecule has 0 aromatic heterocycles. The molecular weight excluding hydrogens is 1040 g/mol. The van der Waals surface area contributed by atoms with Crippen molar-refractivity contribution in [3.05, 3.63) is 27.3 Å². The molecule has 1 aliphatic carbocycles. The molecule has 0 bridgehead atoms. The summed E-state index contributed by atoms with van der Waals surface area (Å²) in [5, 5.41) is 64.2. The van der Waals surface area contributed by atoms with Crippen LogP contribution in [0.3, 0.4) is 0 Å². The van der Waals surface area contributed by atoms with Crippen molar-refractivity contribution in [2.45, 2.75) is 139 Å². The number of carboxylic acids is 4. The molecule has 0 radical (unpaired) electrons. The van der Waals surface area contributed by atoms with E-state index in [-0.39, 0.29) is 75.1 Å². The van der Waals surface area contributed by atoms with Crippen molar-refractivity contribution >= 4 is 87.9 Å². The van der Waals surface area contributed by atoms with Crippen molar-refractivity contribution in [1.82, 2.24) is 37.2 Å². The van der Waals surface area contributed by atoms with E-state index in [2.05, 4.69) is 31.9 Å². The Kier molecular flexibility index (Phi) is 27.1. The summed E-state index contributed by atoms with van der Waals surface area (Å²) in [6, 6.07) is -3.44. The lowest BCUT2D eigenvalue weighted by atomic mass is 9.81. The SMILES string of the molecule is NCCCCC(NC(=O)C(Cc1ccc(O)c(I)c1)NC(=O)C(CCC(=O)O)NC(=O)CCCCNC(=O)C1CCC(CNC(=O)CCC(NC(=O)NC(CCC(=O)O)C(=O)O)C(=O)O)CC1)C(N)=O. The zero-order chi connectivity index (χ0) is 52.3. The van der Waals surface area contributed by atoms with Crippen molar-refractivity contribution in [3.63, 3.8) is 0 Å². The number of carbonyl (C=O) groups excluding carboxylic acids is 7. The number of nitrogens with two attached hydrogens (primary N) is 2. The van der Waals surface area contributed by atoms with Gasteiger partial charge in [-0.05, 0) is 130 Å². The van der Waals surface area contributed by atoms with Gasteiger partial charge in [0.15, 0.2) is 0 Å². The van der Waals surface area contributed by atoms with Gasteiger partial charge in [0.1, 0.15) is 36.0 Å². The lowest BCUT2D eigenvalue weighted by Crippen LogP contribution is -2.57. The molecule has 0 spiro atoms. The van der Waals surface area contributed by atoms with Crippen LogP contribution in [0.15, 0.2) is 18.2 Å². The largest absolute Gasteiger partial charge is 0.507 e. The van der Waals surface area contributed by atoms with Crippen molar-refractivity contribution < 1.29 is 78.3 Å². The number of benzene rings is 1. The average molecular weight is 1100 g/mol. The molecule has 5 atom stereocenters. The van der Waals surface area contributed by atoms with Crippen molar-refractivity contribution in [2.75, 3.05) is 19.6 Å². The molecule has 1 aromatic carbocycles. The molecule has 70 heavy (non-hydrogen) atoms. The summed E-state index contributed by atoms with van der Waals surface area (Å²) in [6.45, 7) is 0.873. The summed E-state index contributed by atoms with van der Waals surface area (Å²) < 4.78 is 0.469. The standard InChI is InChI=1S/C44H66IN9O16/c45-27-21-25(9-15-33(27)55)22-32(41(65)51-28(38(47)62)5-1-3-19-46)52-40(64)29(13-17-36(58)59)50-35(57)6-2-4-20-48-39(63)26-10-7-24(8-11-26)23-49-34(56)16-12-30(42(66)67)53-44(70)54-31(43(68)69)14-18-37(60)61/h9,15,21,24,26,28-32,55H,1-8,10-14,16-20,22-23,46H2,(H2,47,62)(H,48,63)(H,49,56)(H,50,57)(H,51,65)(H,52,64)(H,58,59)(H,60,61)(H,66,67)(H,68,69)(H2,53,54,70). The second-order valence-corrected chi connectivity index (χ2v) is 18.2. The number of rotatable bonds is 33. The van der Waals surface area contributed by atoms with Crippen LogP contribution in [0.1, 0.15) is 108 Å². The van der Waals surface area contributed by atoms with E-state index in [0.717, 1.165) is 0 Å². The van der Waals surface area contributed by atoms with Gasteiger partial charge in [-0.2, -0.15) is 0 Å². The lowest BCUT2D eigenvalue weighted by Gasteiger charge is -2.28. The smallest absolute Gasteiger partial charge is 0.326 e. The number of carbonyl (C=O) groups is 11. The minimum absolute atomic E-state index is 0.00584. The number of amides is 8. The molecule has 0 saturated heterocycles. The molecule has 2 rings (SSSR count). The minimum atomic E-state index is -1.57. The fourth-order valence-electron chi connectivity index (χ4n) is 7.41. The molecule has 5 unspecified atom stereocenters. The molecule has 16 N–H and O–H groups in total. The summed E-state index contributed by atoms with van der Waals surface area (Å²) in [4.78, 5) is 135. The molecule has 1 saturated carbocycles. The van der Waals surface area contributed by atoms with E-state index in [9.17, 15) is 73.2 Å². The number of aliphatic carboxylic acids is 4. The Bertz CT molecular complexity index is 2000. The van der Waals surface area contributed by atoms with E-state index >= 15 is 0 Å². The Hall–Kier alpha value is -6.32. The van der Waals surface area contributed by atoms with Crippen LogP contribution in [-0.2, 0) is 54.4 Å². The molecule has 26 heteroatoms. The normalized spacial score (nSPS) is 16.4. The summed E-state index contributed by atoms with van der Waals surface area (Å²) >= 11 is 1.89. The second kappa shape index (κ2) is 31.7. The lowest BCUT2D eigenvalue weighted by molar-refractivity contribution is -0.141. The Morgan fingerprint density at radius 2 is 1.19 bits per heavy atom. The van der Waals surface area contributed by atoms with Gasteiger partial charge < -0.3 is 74.2 Å². The van der Waals surface area contributed by atoms with Crippen LogP contribution < -0.4 is 48.7 Å². The van der Waals surface area contributed by atoms with Crippen LogP contribution in [0.4, 0.5) is 4.79 Å². The fourth-order valence-corrected chi connectivity index (χ4v) is 7.99. The summed E-state index contributed by atoms with van der Waals surface area (Å²) in [7, 11) is 0.